The summed E-state index contributed by atoms with van der Waals surface area (Å²) in [6.07, 6.45) is 0. The molecule has 1 aromatic heterocycles. The van der Waals surface area contributed by atoms with Gasteiger partial charge in [0.1, 0.15) is 24.4 Å². The molecule has 2 heterocycles. The minimum Gasteiger partial charge on any atom is -0.370 e. The Morgan fingerprint density at radius 3 is 2.76 bits per heavy atom. The summed E-state index contributed by atoms with van der Waals surface area (Å²) in [6.45, 7) is 8.64. The number of halogens is 1. The average molecular weight is 415 g/mol. The molecule has 5 nitrogen and oxygen atoms in total. The van der Waals surface area contributed by atoms with E-state index in [1.165, 1.54) is 22.3 Å². The standard InChI is InChI=1S/C22H24FN3O2S/c1-15-6-7-17(16(2)14-15)21(27)26(9-8-25-10-12-28-13-11-25)22-24-20-18(23)4-3-5-19(20)29-22/h3-7,14H,8-13H2,1-2H3/p+1. The molecule has 0 spiro atoms. The minimum absolute atomic E-state index is 0.0883. The number of quaternary nitrogens is 1. The van der Waals surface area contributed by atoms with E-state index in [1.807, 2.05) is 38.1 Å². The Morgan fingerprint density at radius 2 is 2.03 bits per heavy atom. The third-order valence-corrected chi connectivity index (χ3v) is 6.38. The Bertz CT molecular complexity index is 1030. The molecule has 0 radical (unpaired) electrons. The van der Waals surface area contributed by atoms with Crippen LogP contribution in [0, 0.1) is 19.7 Å². The molecule has 1 aliphatic heterocycles. The van der Waals surface area contributed by atoms with E-state index in [-0.39, 0.29) is 11.7 Å². The monoisotopic (exact) mass is 414 g/mol. The normalized spacial score (nSPS) is 15.0. The number of anilines is 1. The highest BCUT2D eigenvalue weighted by molar-refractivity contribution is 7.22. The number of nitrogens with one attached hydrogen (secondary N) is 1. The first kappa shape index (κ1) is 19.9. The average Bonchev–Trinajstić information content (AvgIpc) is 3.14. The first-order valence-electron chi connectivity index (χ1n) is 9.88. The molecule has 0 bridgehead atoms. The topological polar surface area (TPSA) is 46.9 Å². The van der Waals surface area contributed by atoms with Gasteiger partial charge in [-0.2, -0.15) is 0 Å². The van der Waals surface area contributed by atoms with Gasteiger partial charge in [-0.3, -0.25) is 9.69 Å². The van der Waals surface area contributed by atoms with Gasteiger partial charge < -0.3 is 9.64 Å². The largest absolute Gasteiger partial charge is 0.370 e. The number of hydrogen-bond donors (Lipinski definition) is 1. The van der Waals surface area contributed by atoms with E-state index in [9.17, 15) is 9.18 Å². The van der Waals surface area contributed by atoms with Crippen LogP contribution in [-0.4, -0.2) is 50.3 Å². The molecular weight excluding hydrogens is 389 g/mol. The molecule has 3 aromatic rings. The highest BCUT2D eigenvalue weighted by Crippen LogP contribution is 2.31. The van der Waals surface area contributed by atoms with Crippen LogP contribution in [0.5, 0.6) is 0 Å². The quantitative estimate of drug-likeness (QED) is 0.698. The Morgan fingerprint density at radius 1 is 1.24 bits per heavy atom. The zero-order chi connectivity index (χ0) is 20.4. The summed E-state index contributed by atoms with van der Waals surface area (Å²) in [7, 11) is 0. The predicted octanol–water partition coefficient (Wildman–Crippen LogP) is 2.61. The van der Waals surface area contributed by atoms with Gasteiger partial charge in [-0.1, -0.05) is 35.1 Å². The summed E-state index contributed by atoms with van der Waals surface area (Å²) >= 11 is 1.36. The highest BCUT2D eigenvalue weighted by atomic mass is 32.1. The first-order chi connectivity index (χ1) is 14.0. The van der Waals surface area contributed by atoms with Crippen LogP contribution in [0.4, 0.5) is 9.52 Å². The number of ether oxygens (including phenoxy) is 1. The van der Waals surface area contributed by atoms with Crippen molar-refractivity contribution in [3.05, 3.63) is 58.9 Å². The van der Waals surface area contributed by atoms with Crippen molar-refractivity contribution in [1.82, 2.24) is 4.98 Å². The number of para-hydroxylation sites is 1. The van der Waals surface area contributed by atoms with Crippen molar-refractivity contribution in [3.8, 4) is 0 Å². The molecule has 0 atom stereocenters. The molecular formula is C22H25FN3O2S+. The zero-order valence-corrected chi connectivity index (χ0v) is 17.5. The SMILES string of the molecule is Cc1ccc(C(=O)N(CC[NH+]2CCOCC2)c2nc3c(F)cccc3s2)c(C)c1. The molecule has 152 valence electrons. The second-order valence-corrected chi connectivity index (χ2v) is 8.48. The molecule has 0 saturated carbocycles. The van der Waals surface area contributed by atoms with Gasteiger partial charge in [0.05, 0.1) is 31.0 Å². The number of aryl methyl sites for hydroxylation is 2. The van der Waals surface area contributed by atoms with Crippen LogP contribution in [0.15, 0.2) is 36.4 Å². The van der Waals surface area contributed by atoms with Gasteiger partial charge in [0.25, 0.3) is 5.91 Å². The second kappa shape index (κ2) is 8.57. The van der Waals surface area contributed by atoms with Crippen LogP contribution in [0.3, 0.4) is 0 Å². The minimum atomic E-state index is -0.359. The summed E-state index contributed by atoms with van der Waals surface area (Å²) in [5, 5.41) is 0.544. The van der Waals surface area contributed by atoms with E-state index in [0.717, 1.165) is 48.7 Å². The third kappa shape index (κ3) is 4.32. The number of rotatable bonds is 5. The maximum atomic E-state index is 14.2. The fraction of sp³-hybridized carbons (Fsp3) is 0.364. The lowest BCUT2D eigenvalue weighted by Crippen LogP contribution is -3.14. The number of aromatic nitrogens is 1. The van der Waals surface area contributed by atoms with E-state index >= 15 is 0 Å². The fourth-order valence-electron chi connectivity index (χ4n) is 3.68. The Labute approximate surface area is 173 Å². The molecule has 1 saturated heterocycles. The maximum Gasteiger partial charge on any atom is 0.260 e. The molecule has 2 aromatic carbocycles. The van der Waals surface area contributed by atoms with E-state index in [4.69, 9.17) is 4.74 Å². The summed E-state index contributed by atoms with van der Waals surface area (Å²) < 4.78 is 20.4. The molecule has 1 aliphatic rings. The summed E-state index contributed by atoms with van der Waals surface area (Å²) in [5.41, 5.74) is 3.04. The zero-order valence-electron chi connectivity index (χ0n) is 16.7. The number of carbonyl (C=O) groups is 1. The van der Waals surface area contributed by atoms with E-state index in [0.29, 0.717) is 22.8 Å². The highest BCUT2D eigenvalue weighted by Gasteiger charge is 2.25. The molecule has 1 amide bonds. The van der Waals surface area contributed by atoms with Crippen molar-refractivity contribution < 1.29 is 18.8 Å². The van der Waals surface area contributed by atoms with Crippen molar-refractivity contribution in [1.29, 1.82) is 0 Å². The van der Waals surface area contributed by atoms with Gasteiger partial charge in [-0.25, -0.2) is 9.37 Å². The Balaban J connectivity index is 1.67. The predicted molar refractivity (Wildman–Crippen MR) is 114 cm³/mol. The Kier molecular flexibility index (Phi) is 5.89. The van der Waals surface area contributed by atoms with E-state index in [2.05, 4.69) is 4.98 Å². The second-order valence-electron chi connectivity index (χ2n) is 7.47. The third-order valence-electron chi connectivity index (χ3n) is 5.34. The van der Waals surface area contributed by atoms with Gasteiger partial charge >= 0.3 is 0 Å². The first-order valence-corrected chi connectivity index (χ1v) is 10.7. The molecule has 1 N–H and O–H groups in total. The lowest BCUT2D eigenvalue weighted by atomic mass is 10.0. The number of fused-ring (bicyclic) bond motifs is 1. The molecule has 7 heteroatoms. The van der Waals surface area contributed by atoms with Gasteiger partial charge in [-0.15, -0.1) is 0 Å². The van der Waals surface area contributed by atoms with Crippen LogP contribution in [0.25, 0.3) is 10.2 Å². The molecule has 29 heavy (non-hydrogen) atoms. The van der Waals surface area contributed by atoms with Crippen molar-refractivity contribution in [2.45, 2.75) is 13.8 Å². The van der Waals surface area contributed by atoms with Gasteiger partial charge in [0.2, 0.25) is 0 Å². The fourth-order valence-corrected chi connectivity index (χ4v) is 4.69. The number of nitrogens with zero attached hydrogens (tertiary/aromatic N) is 2. The molecule has 1 fully saturated rings. The number of hydrogen-bond acceptors (Lipinski definition) is 4. The lowest BCUT2D eigenvalue weighted by Gasteiger charge is -2.27. The van der Waals surface area contributed by atoms with Gasteiger partial charge in [-0.05, 0) is 37.6 Å². The number of thiazole rings is 1. The Hall–Kier alpha value is -2.35. The summed E-state index contributed by atoms with van der Waals surface area (Å²) in [6, 6.07) is 10.7. The lowest BCUT2D eigenvalue weighted by molar-refractivity contribution is -0.906. The van der Waals surface area contributed by atoms with E-state index < -0.39 is 0 Å². The van der Waals surface area contributed by atoms with Crippen LogP contribution in [0.1, 0.15) is 21.5 Å². The molecule has 0 unspecified atom stereocenters. The van der Waals surface area contributed by atoms with Gasteiger partial charge in [0.15, 0.2) is 5.13 Å². The number of amides is 1. The summed E-state index contributed by atoms with van der Waals surface area (Å²) in [5.74, 6) is -0.447. The van der Waals surface area contributed by atoms with Crippen molar-refractivity contribution >= 4 is 32.6 Å². The van der Waals surface area contributed by atoms with Crippen molar-refractivity contribution in [2.24, 2.45) is 0 Å². The molecule has 0 aliphatic carbocycles. The van der Waals surface area contributed by atoms with Crippen molar-refractivity contribution in [2.75, 3.05) is 44.3 Å². The van der Waals surface area contributed by atoms with Crippen molar-refractivity contribution in [3.63, 3.8) is 0 Å². The smallest absolute Gasteiger partial charge is 0.260 e. The van der Waals surface area contributed by atoms with E-state index in [1.54, 1.807) is 11.0 Å². The van der Waals surface area contributed by atoms with Crippen LogP contribution >= 0.6 is 11.3 Å². The maximum absolute atomic E-state index is 14.2. The molecule has 4 rings (SSSR count). The summed E-state index contributed by atoms with van der Waals surface area (Å²) in [4.78, 5) is 21.1. The van der Waals surface area contributed by atoms with Crippen LogP contribution in [0.2, 0.25) is 0 Å². The number of carbonyl (C=O) groups excluding carboxylic acids is 1. The number of benzene rings is 2. The van der Waals surface area contributed by atoms with Crippen LogP contribution < -0.4 is 9.80 Å². The number of morpholine rings is 1. The van der Waals surface area contributed by atoms with Gasteiger partial charge in [0, 0.05) is 5.56 Å². The van der Waals surface area contributed by atoms with Crippen LogP contribution in [-0.2, 0) is 4.74 Å².